The maximum atomic E-state index is 10.6. The van der Waals surface area contributed by atoms with Gasteiger partial charge in [0.1, 0.15) is 11.5 Å². The second kappa shape index (κ2) is 8.04. The van der Waals surface area contributed by atoms with Gasteiger partial charge >= 0.3 is 0 Å². The van der Waals surface area contributed by atoms with Crippen LogP contribution in [0.15, 0.2) is 84.9 Å². The van der Waals surface area contributed by atoms with Crippen LogP contribution in [0.25, 0.3) is 22.3 Å². The number of rotatable bonds is 6. The molecule has 0 heterocycles. The van der Waals surface area contributed by atoms with E-state index in [9.17, 15) is 20.4 Å². The van der Waals surface area contributed by atoms with Crippen LogP contribution in [0, 0.1) is 0 Å². The average Bonchev–Trinajstić information content (AvgIpc) is 3.38. The molecule has 0 aliphatic heterocycles. The van der Waals surface area contributed by atoms with Crippen molar-refractivity contribution >= 4 is 0 Å². The van der Waals surface area contributed by atoms with Gasteiger partial charge in [-0.1, -0.05) is 72.8 Å². The molecule has 5 heteroatoms. The van der Waals surface area contributed by atoms with Crippen LogP contribution < -0.4 is 4.74 Å². The van der Waals surface area contributed by atoms with Gasteiger partial charge in [0, 0.05) is 11.1 Å². The Bertz CT molecular complexity index is 1320. The van der Waals surface area contributed by atoms with E-state index in [1.165, 1.54) is 0 Å². The second-order valence-corrected chi connectivity index (χ2v) is 9.35. The fourth-order valence-electron chi connectivity index (χ4n) is 6.08. The van der Waals surface area contributed by atoms with Gasteiger partial charge in [-0.05, 0) is 45.5 Å². The topological polar surface area (TPSA) is 90.2 Å². The van der Waals surface area contributed by atoms with Crippen molar-refractivity contribution in [1.29, 1.82) is 0 Å². The molecule has 5 nitrogen and oxygen atoms in total. The monoisotopic (exact) mass is 466 g/mol. The SMILES string of the molecule is OCC1(CO)c2ccccc2-c2cccc(Oc3cccc4c3C(CO)(CO)c3ccccc3-4)c21. The van der Waals surface area contributed by atoms with Crippen LogP contribution in [0.4, 0.5) is 0 Å². The Balaban J connectivity index is 1.56. The number of hydrogen-bond donors (Lipinski definition) is 4. The van der Waals surface area contributed by atoms with Gasteiger partial charge in [0.05, 0.1) is 37.3 Å². The first kappa shape index (κ1) is 22.0. The first-order chi connectivity index (χ1) is 17.1. The molecule has 6 rings (SSSR count). The lowest BCUT2D eigenvalue weighted by Gasteiger charge is -2.31. The second-order valence-electron chi connectivity index (χ2n) is 9.35. The van der Waals surface area contributed by atoms with E-state index in [4.69, 9.17) is 4.74 Å². The molecule has 0 aromatic heterocycles. The summed E-state index contributed by atoms with van der Waals surface area (Å²) in [6, 6.07) is 27.0. The van der Waals surface area contributed by atoms with Gasteiger partial charge in [-0.3, -0.25) is 0 Å². The molecule has 0 amide bonds. The Labute approximate surface area is 203 Å². The molecular weight excluding hydrogens is 440 g/mol. The number of aliphatic hydroxyl groups is 4. The van der Waals surface area contributed by atoms with Gasteiger partial charge in [-0.15, -0.1) is 0 Å². The van der Waals surface area contributed by atoms with Crippen LogP contribution in [-0.2, 0) is 10.8 Å². The van der Waals surface area contributed by atoms with Gasteiger partial charge in [-0.25, -0.2) is 0 Å². The van der Waals surface area contributed by atoms with Gasteiger partial charge < -0.3 is 25.2 Å². The summed E-state index contributed by atoms with van der Waals surface area (Å²) in [5.74, 6) is 1.05. The van der Waals surface area contributed by atoms with Crippen molar-refractivity contribution in [2.75, 3.05) is 26.4 Å². The number of benzene rings is 4. The molecule has 35 heavy (non-hydrogen) atoms. The van der Waals surface area contributed by atoms with Gasteiger partial charge in [0.25, 0.3) is 0 Å². The molecule has 176 valence electrons. The van der Waals surface area contributed by atoms with Crippen molar-refractivity contribution in [3.05, 3.63) is 107 Å². The lowest BCUT2D eigenvalue weighted by molar-refractivity contribution is 0.142. The minimum Gasteiger partial charge on any atom is -0.457 e. The van der Waals surface area contributed by atoms with Crippen molar-refractivity contribution in [2.24, 2.45) is 0 Å². The molecule has 2 aliphatic rings. The van der Waals surface area contributed by atoms with Crippen LogP contribution in [0.3, 0.4) is 0 Å². The molecule has 4 N–H and O–H groups in total. The molecule has 0 fully saturated rings. The maximum Gasteiger partial charge on any atom is 0.132 e. The summed E-state index contributed by atoms with van der Waals surface area (Å²) in [6.45, 7) is -1.10. The zero-order valence-electron chi connectivity index (χ0n) is 19.1. The van der Waals surface area contributed by atoms with E-state index in [0.717, 1.165) is 44.5 Å². The third-order valence-electron chi connectivity index (χ3n) is 7.77. The zero-order chi connectivity index (χ0) is 24.2. The molecule has 0 radical (unpaired) electrons. The van der Waals surface area contributed by atoms with E-state index >= 15 is 0 Å². The normalized spacial score (nSPS) is 15.8. The molecule has 0 saturated carbocycles. The standard InChI is InChI=1S/C30H26O5/c31-15-29(16-32)23-11-3-1-7-19(23)21-9-5-13-25(27(21)29)35-26-14-6-10-22-20-8-2-4-12-24(20)30(17-33,18-34)28(22)26/h1-14,31-34H,15-18H2. The lowest BCUT2D eigenvalue weighted by Crippen LogP contribution is -2.35. The summed E-state index contributed by atoms with van der Waals surface area (Å²) in [6.07, 6.45) is 0. The van der Waals surface area contributed by atoms with Crippen molar-refractivity contribution in [3.8, 4) is 33.8 Å². The van der Waals surface area contributed by atoms with Crippen LogP contribution in [0.5, 0.6) is 11.5 Å². The lowest BCUT2D eigenvalue weighted by atomic mass is 9.78. The van der Waals surface area contributed by atoms with E-state index in [1.54, 1.807) is 0 Å². The van der Waals surface area contributed by atoms with E-state index in [0.29, 0.717) is 11.5 Å². The smallest absolute Gasteiger partial charge is 0.132 e. The third kappa shape index (κ3) is 2.78. The van der Waals surface area contributed by atoms with Crippen molar-refractivity contribution in [2.45, 2.75) is 10.8 Å². The molecule has 0 atom stereocenters. The van der Waals surface area contributed by atoms with E-state index < -0.39 is 10.8 Å². The molecule has 0 spiro atoms. The quantitative estimate of drug-likeness (QED) is 0.345. The highest BCUT2D eigenvalue weighted by Crippen LogP contribution is 2.56. The first-order valence-electron chi connectivity index (χ1n) is 11.7. The fourth-order valence-corrected chi connectivity index (χ4v) is 6.08. The van der Waals surface area contributed by atoms with Crippen LogP contribution >= 0.6 is 0 Å². The average molecular weight is 467 g/mol. The number of aliphatic hydroxyl groups excluding tert-OH is 4. The molecule has 0 bridgehead atoms. The summed E-state index contributed by atoms with van der Waals surface area (Å²) >= 11 is 0. The molecular formula is C30H26O5. The summed E-state index contributed by atoms with van der Waals surface area (Å²) in [7, 11) is 0. The minimum atomic E-state index is -1.01. The van der Waals surface area contributed by atoms with Crippen molar-refractivity contribution < 1.29 is 25.2 Å². The number of ether oxygens (including phenoxy) is 1. The van der Waals surface area contributed by atoms with Crippen LogP contribution in [0.1, 0.15) is 22.3 Å². The molecule has 0 saturated heterocycles. The summed E-state index contributed by atoms with van der Waals surface area (Å²) in [5, 5.41) is 42.2. The highest BCUT2D eigenvalue weighted by molar-refractivity contribution is 5.85. The summed E-state index contributed by atoms with van der Waals surface area (Å²) < 4.78 is 6.60. The fraction of sp³-hybridized carbons (Fsp3) is 0.200. The number of hydrogen-bond acceptors (Lipinski definition) is 5. The zero-order valence-corrected chi connectivity index (χ0v) is 19.1. The van der Waals surface area contributed by atoms with Gasteiger partial charge in [0.2, 0.25) is 0 Å². The molecule has 0 unspecified atom stereocenters. The Morgan fingerprint density at radius 3 is 1.23 bits per heavy atom. The molecule has 4 aromatic rings. The van der Waals surface area contributed by atoms with Gasteiger partial charge in [0.15, 0.2) is 0 Å². The highest BCUT2D eigenvalue weighted by atomic mass is 16.5. The molecule has 2 aliphatic carbocycles. The summed E-state index contributed by atoms with van der Waals surface area (Å²) in [5.41, 5.74) is 4.92. The maximum absolute atomic E-state index is 10.6. The van der Waals surface area contributed by atoms with E-state index in [1.807, 2.05) is 84.9 Å². The Hall–Kier alpha value is -3.48. The Kier molecular flexibility index (Phi) is 5.06. The highest BCUT2D eigenvalue weighted by Gasteiger charge is 2.47. The molecule has 4 aromatic carbocycles. The Morgan fingerprint density at radius 2 is 0.829 bits per heavy atom. The summed E-state index contributed by atoms with van der Waals surface area (Å²) in [4.78, 5) is 0. The van der Waals surface area contributed by atoms with Gasteiger partial charge in [-0.2, -0.15) is 0 Å². The van der Waals surface area contributed by atoms with Crippen LogP contribution in [0.2, 0.25) is 0 Å². The predicted molar refractivity (Wildman–Crippen MR) is 134 cm³/mol. The largest absolute Gasteiger partial charge is 0.457 e. The van der Waals surface area contributed by atoms with Crippen molar-refractivity contribution in [1.82, 2.24) is 0 Å². The predicted octanol–water partition coefficient (Wildman–Crippen LogP) is 3.98. The first-order valence-corrected chi connectivity index (χ1v) is 11.7. The minimum absolute atomic E-state index is 0.274. The third-order valence-corrected chi connectivity index (χ3v) is 7.77. The van der Waals surface area contributed by atoms with Crippen molar-refractivity contribution in [3.63, 3.8) is 0 Å². The van der Waals surface area contributed by atoms with Crippen LogP contribution in [-0.4, -0.2) is 46.9 Å². The Morgan fingerprint density at radius 1 is 0.457 bits per heavy atom. The number of fused-ring (bicyclic) bond motifs is 6. The van der Waals surface area contributed by atoms with E-state index in [2.05, 4.69) is 0 Å². The van der Waals surface area contributed by atoms with E-state index in [-0.39, 0.29) is 26.4 Å².